The van der Waals surface area contributed by atoms with Crippen molar-refractivity contribution in [3.63, 3.8) is 0 Å². The van der Waals surface area contributed by atoms with Gasteiger partial charge in [-0.2, -0.15) is 0 Å². The second-order valence-electron chi connectivity index (χ2n) is 5.82. The minimum absolute atomic E-state index is 0.320. The molecule has 6 heteroatoms. The number of aliphatic hydroxyl groups is 1. The summed E-state index contributed by atoms with van der Waals surface area (Å²) in [5.74, 6) is 0.178. The van der Waals surface area contributed by atoms with Gasteiger partial charge in [0.25, 0.3) is 0 Å². The second kappa shape index (κ2) is 5.47. The number of ketones is 1. The molecule has 4 rings (SSSR count). The highest BCUT2D eigenvalue weighted by Crippen LogP contribution is 2.36. The third kappa shape index (κ3) is 2.44. The van der Waals surface area contributed by atoms with Crippen molar-refractivity contribution in [1.29, 1.82) is 0 Å². The van der Waals surface area contributed by atoms with Crippen LogP contribution in [0.2, 0.25) is 0 Å². The number of ether oxygens (including phenoxy) is 2. The largest absolute Gasteiger partial charge is 0.457 e. The minimum atomic E-state index is -1.22. The van der Waals surface area contributed by atoms with Crippen LogP contribution in [0.4, 0.5) is 4.39 Å². The highest BCUT2D eigenvalue weighted by Gasteiger charge is 2.36. The van der Waals surface area contributed by atoms with E-state index < -0.39 is 6.10 Å². The van der Waals surface area contributed by atoms with Crippen LogP contribution in [0.5, 0.6) is 5.75 Å². The van der Waals surface area contributed by atoms with Crippen LogP contribution >= 0.6 is 0 Å². The maximum absolute atomic E-state index is 13.4. The fourth-order valence-corrected chi connectivity index (χ4v) is 3.14. The molecule has 120 valence electrons. The summed E-state index contributed by atoms with van der Waals surface area (Å²) >= 11 is 0. The van der Waals surface area contributed by atoms with Crippen LogP contribution in [0.15, 0.2) is 41.3 Å². The Morgan fingerprint density at radius 1 is 1.26 bits per heavy atom. The Balaban J connectivity index is 1.71. The van der Waals surface area contributed by atoms with Gasteiger partial charge in [-0.05, 0) is 11.6 Å². The predicted octanol–water partition coefficient (Wildman–Crippen LogP) is 1.17. The van der Waals surface area contributed by atoms with Crippen molar-refractivity contribution < 1.29 is 23.8 Å². The molecule has 3 aliphatic rings. The van der Waals surface area contributed by atoms with E-state index in [0.29, 0.717) is 55.5 Å². The van der Waals surface area contributed by atoms with Gasteiger partial charge < -0.3 is 19.5 Å². The van der Waals surface area contributed by atoms with Crippen LogP contribution in [0.3, 0.4) is 0 Å². The molecule has 1 atom stereocenters. The Morgan fingerprint density at radius 2 is 2.04 bits per heavy atom. The van der Waals surface area contributed by atoms with Gasteiger partial charge in [0.1, 0.15) is 23.4 Å². The highest BCUT2D eigenvalue weighted by atomic mass is 19.1. The van der Waals surface area contributed by atoms with Crippen molar-refractivity contribution in [3.8, 4) is 5.75 Å². The number of allylic oxidation sites excluding steroid dienone is 1. The van der Waals surface area contributed by atoms with Crippen molar-refractivity contribution in [2.75, 3.05) is 26.3 Å². The van der Waals surface area contributed by atoms with Gasteiger partial charge in [-0.15, -0.1) is 0 Å². The maximum Gasteiger partial charge on any atom is 0.211 e. The Hall–Kier alpha value is -2.18. The van der Waals surface area contributed by atoms with Crippen LogP contribution in [-0.4, -0.2) is 48.2 Å². The number of benzene rings is 1. The van der Waals surface area contributed by atoms with Crippen LogP contribution in [-0.2, 0) is 16.0 Å². The molecule has 1 fully saturated rings. The molecule has 0 spiro atoms. The van der Waals surface area contributed by atoms with E-state index in [1.165, 1.54) is 12.1 Å². The summed E-state index contributed by atoms with van der Waals surface area (Å²) in [5, 5.41) is 10.4. The number of carbonyl (C=O) groups excluding carboxylic acids is 1. The van der Waals surface area contributed by atoms with Gasteiger partial charge in [0.2, 0.25) is 5.78 Å². The number of nitrogens with zero attached hydrogens (tertiary/aromatic N) is 1. The highest BCUT2D eigenvalue weighted by molar-refractivity contribution is 6.02. The van der Waals surface area contributed by atoms with Gasteiger partial charge in [-0.1, -0.05) is 6.07 Å². The van der Waals surface area contributed by atoms with E-state index in [-0.39, 0.29) is 11.6 Å². The van der Waals surface area contributed by atoms with Gasteiger partial charge in [0, 0.05) is 37.2 Å². The maximum atomic E-state index is 13.4. The zero-order valence-electron chi connectivity index (χ0n) is 12.4. The molecule has 23 heavy (non-hydrogen) atoms. The van der Waals surface area contributed by atoms with Crippen molar-refractivity contribution in [2.24, 2.45) is 0 Å². The van der Waals surface area contributed by atoms with Gasteiger partial charge in [-0.25, -0.2) is 4.39 Å². The summed E-state index contributed by atoms with van der Waals surface area (Å²) in [6.07, 6.45) is 0.819. The standard InChI is InChI=1S/C17H16FNO4/c18-11-2-1-10-7-12-15(23-14(10)8-11)9-13(17(21)16(12)20)19-3-5-22-6-4-19/h1-2,8-9,16,20H,3-7H2. The lowest BCUT2D eigenvalue weighted by Crippen LogP contribution is -2.43. The zero-order valence-corrected chi connectivity index (χ0v) is 12.4. The molecule has 5 nitrogen and oxygen atoms in total. The molecule has 1 N–H and O–H groups in total. The van der Waals surface area contributed by atoms with Crippen molar-refractivity contribution in [3.05, 3.63) is 52.7 Å². The van der Waals surface area contributed by atoms with Gasteiger partial charge in [0.05, 0.1) is 18.9 Å². The first-order valence-corrected chi connectivity index (χ1v) is 7.59. The molecule has 2 aliphatic heterocycles. The first-order valence-electron chi connectivity index (χ1n) is 7.59. The van der Waals surface area contributed by atoms with Crippen LogP contribution in [0, 0.1) is 5.82 Å². The fourth-order valence-electron chi connectivity index (χ4n) is 3.14. The first-order chi connectivity index (χ1) is 11.1. The summed E-state index contributed by atoms with van der Waals surface area (Å²) in [7, 11) is 0. The first kappa shape index (κ1) is 14.4. The monoisotopic (exact) mass is 317 g/mol. The normalized spacial score (nSPS) is 23.9. The molecule has 1 saturated heterocycles. The second-order valence-corrected chi connectivity index (χ2v) is 5.82. The van der Waals surface area contributed by atoms with Crippen molar-refractivity contribution >= 4 is 5.78 Å². The number of hydrogen-bond acceptors (Lipinski definition) is 5. The molecule has 0 aromatic heterocycles. The summed E-state index contributed by atoms with van der Waals surface area (Å²) in [5.41, 5.74) is 1.73. The van der Waals surface area contributed by atoms with Crippen molar-refractivity contribution in [2.45, 2.75) is 12.5 Å². The SMILES string of the molecule is O=C1C(N2CCOCC2)=CC2=C(Cc3ccc(F)cc3O2)C1O. The van der Waals surface area contributed by atoms with E-state index in [1.54, 1.807) is 12.1 Å². The van der Waals surface area contributed by atoms with Gasteiger partial charge in [0.15, 0.2) is 0 Å². The fraction of sp³-hybridized carbons (Fsp3) is 0.353. The average Bonchev–Trinajstić information content (AvgIpc) is 2.57. The number of morpholine rings is 1. The molecule has 0 saturated carbocycles. The molecule has 1 unspecified atom stereocenters. The molecule has 0 radical (unpaired) electrons. The number of hydrogen-bond donors (Lipinski definition) is 1. The molecular weight excluding hydrogens is 301 g/mol. The molecule has 2 heterocycles. The number of Topliss-reactive ketones (excluding diaryl/α,β-unsaturated/α-hetero) is 1. The minimum Gasteiger partial charge on any atom is -0.457 e. The lowest BCUT2D eigenvalue weighted by Gasteiger charge is -2.35. The van der Waals surface area contributed by atoms with E-state index >= 15 is 0 Å². The Bertz CT molecular complexity index is 734. The van der Waals surface area contributed by atoms with E-state index in [0.717, 1.165) is 5.56 Å². The predicted molar refractivity (Wildman–Crippen MR) is 79.2 cm³/mol. The molecule has 0 bridgehead atoms. The van der Waals surface area contributed by atoms with Crippen LogP contribution in [0.25, 0.3) is 0 Å². The molecule has 0 amide bonds. The van der Waals surface area contributed by atoms with E-state index in [4.69, 9.17) is 9.47 Å². The number of fused-ring (bicyclic) bond motifs is 1. The molecule has 1 aromatic rings. The Kier molecular flexibility index (Phi) is 3.43. The smallest absolute Gasteiger partial charge is 0.211 e. The summed E-state index contributed by atoms with van der Waals surface area (Å²) in [4.78, 5) is 14.4. The van der Waals surface area contributed by atoms with Crippen LogP contribution in [0.1, 0.15) is 5.56 Å². The van der Waals surface area contributed by atoms with Crippen LogP contribution < -0.4 is 4.74 Å². The van der Waals surface area contributed by atoms with E-state index in [9.17, 15) is 14.3 Å². The lowest BCUT2D eigenvalue weighted by atomic mass is 9.89. The number of carbonyl (C=O) groups is 1. The summed E-state index contributed by atoms with van der Waals surface area (Å²) in [6.45, 7) is 2.28. The number of halogens is 1. The lowest BCUT2D eigenvalue weighted by molar-refractivity contribution is -0.124. The molecular formula is C17H16FNO4. The van der Waals surface area contributed by atoms with Gasteiger partial charge in [-0.3, -0.25) is 4.79 Å². The third-order valence-electron chi connectivity index (χ3n) is 4.40. The van der Waals surface area contributed by atoms with E-state index in [1.807, 2.05) is 4.90 Å². The third-order valence-corrected chi connectivity index (χ3v) is 4.40. The summed E-state index contributed by atoms with van der Waals surface area (Å²) in [6, 6.07) is 4.29. The zero-order chi connectivity index (χ0) is 16.0. The van der Waals surface area contributed by atoms with Crippen molar-refractivity contribution in [1.82, 2.24) is 4.90 Å². The number of aliphatic hydroxyl groups excluding tert-OH is 1. The van der Waals surface area contributed by atoms with E-state index in [2.05, 4.69) is 0 Å². The molecule has 1 aliphatic carbocycles. The average molecular weight is 317 g/mol. The van der Waals surface area contributed by atoms with Gasteiger partial charge >= 0.3 is 0 Å². The Labute approximate surface area is 132 Å². The summed E-state index contributed by atoms with van der Waals surface area (Å²) < 4.78 is 24.4. The Morgan fingerprint density at radius 3 is 2.83 bits per heavy atom. The topological polar surface area (TPSA) is 59.0 Å². The molecule has 1 aromatic carbocycles. The number of rotatable bonds is 1. The quantitative estimate of drug-likeness (QED) is 0.843.